The molecule has 0 aliphatic heterocycles. The van der Waals surface area contributed by atoms with Gasteiger partial charge in [-0.25, -0.2) is 0 Å². The van der Waals surface area contributed by atoms with Crippen molar-refractivity contribution in [2.45, 2.75) is 33.1 Å². The molecule has 1 aromatic rings. The molecule has 21 heavy (non-hydrogen) atoms. The average Bonchev–Trinajstić information content (AvgIpc) is 2.38. The quantitative estimate of drug-likeness (QED) is 0.816. The second-order valence-corrected chi connectivity index (χ2v) is 6.38. The smallest absolute Gasteiger partial charge is 0.169 e. The van der Waals surface area contributed by atoms with E-state index in [1.165, 1.54) is 0 Å². The van der Waals surface area contributed by atoms with E-state index in [4.69, 9.17) is 12.2 Å². The fraction of sp³-hybridized carbons (Fsp3) is 0.412. The number of carbonyl (C=O) groups is 1. The zero-order valence-electron chi connectivity index (χ0n) is 12.4. The maximum Gasteiger partial charge on any atom is 0.169 e. The molecule has 0 heterocycles. The minimum atomic E-state index is -0.0576. The van der Waals surface area contributed by atoms with Gasteiger partial charge in [0.2, 0.25) is 0 Å². The predicted octanol–water partition coefficient (Wildman–Crippen LogP) is 4.26. The molecular weight excluding hydrogens is 282 g/mol. The van der Waals surface area contributed by atoms with Crippen LogP contribution in [0.3, 0.4) is 0 Å². The van der Waals surface area contributed by atoms with Crippen molar-refractivity contribution in [1.29, 1.82) is 0 Å². The van der Waals surface area contributed by atoms with E-state index in [2.05, 4.69) is 19.2 Å². The van der Waals surface area contributed by atoms with Crippen LogP contribution < -0.4 is 5.32 Å². The van der Waals surface area contributed by atoms with Crippen molar-refractivity contribution < 1.29 is 9.90 Å². The fourth-order valence-corrected chi connectivity index (χ4v) is 3.13. The maximum atomic E-state index is 12.3. The molecule has 112 valence electrons. The summed E-state index contributed by atoms with van der Waals surface area (Å²) in [4.78, 5) is 12.6. The second kappa shape index (κ2) is 6.85. The SMILES string of the molecule is CC(C)C[C@@H]1CC(=O)C(C(=S)Nc2ccccc2)=C(O)C1. The largest absolute Gasteiger partial charge is 0.511 e. The highest BCUT2D eigenvalue weighted by atomic mass is 32.1. The molecule has 0 fully saturated rings. The lowest BCUT2D eigenvalue weighted by molar-refractivity contribution is -0.116. The summed E-state index contributed by atoms with van der Waals surface area (Å²) in [6.45, 7) is 4.25. The van der Waals surface area contributed by atoms with Crippen molar-refractivity contribution in [2.24, 2.45) is 11.8 Å². The van der Waals surface area contributed by atoms with E-state index in [9.17, 15) is 9.90 Å². The number of benzene rings is 1. The highest BCUT2D eigenvalue weighted by molar-refractivity contribution is 7.81. The summed E-state index contributed by atoms with van der Waals surface area (Å²) in [5.74, 6) is 0.815. The number of allylic oxidation sites excluding steroid dienone is 1. The van der Waals surface area contributed by atoms with Crippen LogP contribution in [0.1, 0.15) is 33.1 Å². The van der Waals surface area contributed by atoms with E-state index in [1.807, 2.05) is 30.3 Å². The minimum Gasteiger partial charge on any atom is -0.511 e. The van der Waals surface area contributed by atoms with Crippen LogP contribution in [0.4, 0.5) is 5.69 Å². The van der Waals surface area contributed by atoms with Gasteiger partial charge in [0, 0.05) is 18.5 Å². The molecule has 0 bridgehead atoms. The lowest BCUT2D eigenvalue weighted by Crippen LogP contribution is -2.27. The van der Waals surface area contributed by atoms with E-state index < -0.39 is 0 Å². The van der Waals surface area contributed by atoms with E-state index >= 15 is 0 Å². The molecule has 3 nitrogen and oxygen atoms in total. The number of aliphatic hydroxyl groups is 1. The lowest BCUT2D eigenvalue weighted by atomic mass is 9.82. The van der Waals surface area contributed by atoms with Gasteiger partial charge < -0.3 is 10.4 Å². The number of Topliss-reactive ketones (excluding diaryl/α,β-unsaturated/α-hetero) is 1. The number of thiocarbonyl (C=S) groups is 1. The minimum absolute atomic E-state index is 0.0576. The molecule has 1 aliphatic rings. The Balaban J connectivity index is 2.11. The normalized spacial score (nSPS) is 19.0. The Kier molecular flexibility index (Phi) is 5.12. The first-order chi connectivity index (χ1) is 9.97. The summed E-state index contributed by atoms with van der Waals surface area (Å²) in [6, 6.07) is 9.44. The van der Waals surface area contributed by atoms with Crippen LogP contribution in [0.25, 0.3) is 0 Å². The van der Waals surface area contributed by atoms with Gasteiger partial charge in [0.1, 0.15) is 10.7 Å². The molecule has 2 N–H and O–H groups in total. The second-order valence-electron chi connectivity index (χ2n) is 5.97. The highest BCUT2D eigenvalue weighted by Crippen LogP contribution is 2.31. The molecule has 1 aliphatic carbocycles. The summed E-state index contributed by atoms with van der Waals surface area (Å²) in [7, 11) is 0. The summed E-state index contributed by atoms with van der Waals surface area (Å²) < 4.78 is 0. The van der Waals surface area contributed by atoms with Gasteiger partial charge in [-0.1, -0.05) is 44.3 Å². The standard InChI is InChI=1S/C17H21NO2S/c1-11(2)8-12-9-14(19)16(15(20)10-12)17(21)18-13-6-4-3-5-7-13/h3-7,11-12,19H,8-10H2,1-2H3,(H,18,21)/t12-/m0/s1. The van der Waals surface area contributed by atoms with E-state index in [1.54, 1.807) is 0 Å². The van der Waals surface area contributed by atoms with Gasteiger partial charge in [-0.3, -0.25) is 4.79 Å². The van der Waals surface area contributed by atoms with Crippen LogP contribution in [0.15, 0.2) is 41.7 Å². The Morgan fingerprint density at radius 3 is 2.57 bits per heavy atom. The van der Waals surface area contributed by atoms with Crippen LogP contribution in [0.5, 0.6) is 0 Å². The predicted molar refractivity (Wildman–Crippen MR) is 89.5 cm³/mol. The van der Waals surface area contributed by atoms with Crippen LogP contribution in [0, 0.1) is 11.8 Å². The average molecular weight is 303 g/mol. The van der Waals surface area contributed by atoms with Crippen molar-refractivity contribution in [3.63, 3.8) is 0 Å². The van der Waals surface area contributed by atoms with Crippen LogP contribution in [-0.2, 0) is 4.79 Å². The summed E-state index contributed by atoms with van der Waals surface area (Å²) >= 11 is 5.29. The number of ketones is 1. The van der Waals surface area contributed by atoms with Gasteiger partial charge in [-0.2, -0.15) is 0 Å². The molecule has 1 aromatic carbocycles. The van der Waals surface area contributed by atoms with Crippen LogP contribution >= 0.6 is 12.2 Å². The van der Waals surface area contributed by atoms with Gasteiger partial charge in [0.15, 0.2) is 5.78 Å². The van der Waals surface area contributed by atoms with Crippen LogP contribution in [-0.4, -0.2) is 15.9 Å². The van der Waals surface area contributed by atoms with Gasteiger partial charge in [-0.05, 0) is 30.4 Å². The van der Waals surface area contributed by atoms with Gasteiger partial charge in [0.25, 0.3) is 0 Å². The first-order valence-corrected chi connectivity index (χ1v) is 7.70. The Bertz CT molecular complexity index is 563. The molecule has 2 rings (SSSR count). The first-order valence-electron chi connectivity index (χ1n) is 7.29. The third kappa shape index (κ3) is 4.14. The molecule has 0 unspecified atom stereocenters. The Morgan fingerprint density at radius 1 is 1.33 bits per heavy atom. The third-order valence-electron chi connectivity index (χ3n) is 3.59. The van der Waals surface area contributed by atoms with Crippen molar-refractivity contribution in [3.05, 3.63) is 41.7 Å². The van der Waals surface area contributed by atoms with Crippen molar-refractivity contribution in [3.8, 4) is 0 Å². The lowest BCUT2D eigenvalue weighted by Gasteiger charge is -2.25. The number of rotatable bonds is 4. The summed E-state index contributed by atoms with van der Waals surface area (Å²) in [6.07, 6.45) is 1.95. The van der Waals surface area contributed by atoms with Gasteiger partial charge in [0.05, 0.1) is 5.57 Å². The molecule has 0 aromatic heterocycles. The number of para-hydroxylation sites is 1. The molecule has 0 saturated carbocycles. The first kappa shape index (κ1) is 15.7. The maximum absolute atomic E-state index is 12.3. The number of hydrogen-bond acceptors (Lipinski definition) is 3. The molecule has 0 amide bonds. The highest BCUT2D eigenvalue weighted by Gasteiger charge is 2.30. The third-order valence-corrected chi connectivity index (χ3v) is 3.89. The number of anilines is 1. The van der Waals surface area contributed by atoms with E-state index in [-0.39, 0.29) is 23.0 Å². The van der Waals surface area contributed by atoms with E-state index in [0.717, 1.165) is 12.1 Å². The molecule has 0 radical (unpaired) electrons. The number of nitrogens with one attached hydrogen (secondary N) is 1. The van der Waals surface area contributed by atoms with E-state index in [0.29, 0.717) is 23.7 Å². The summed E-state index contributed by atoms with van der Waals surface area (Å²) in [5.41, 5.74) is 1.11. The van der Waals surface area contributed by atoms with Crippen molar-refractivity contribution in [2.75, 3.05) is 5.32 Å². The Hall–Kier alpha value is -1.68. The van der Waals surface area contributed by atoms with Crippen LogP contribution in [0.2, 0.25) is 0 Å². The topological polar surface area (TPSA) is 49.3 Å². The monoisotopic (exact) mass is 303 g/mol. The van der Waals surface area contributed by atoms with Gasteiger partial charge in [-0.15, -0.1) is 0 Å². The number of hydrogen-bond donors (Lipinski definition) is 2. The molecule has 1 atom stereocenters. The summed E-state index contributed by atoms with van der Waals surface area (Å²) in [5, 5.41) is 13.2. The molecule has 0 saturated heterocycles. The zero-order valence-corrected chi connectivity index (χ0v) is 13.2. The number of carbonyl (C=O) groups excluding carboxylic acids is 1. The van der Waals surface area contributed by atoms with Gasteiger partial charge >= 0.3 is 0 Å². The van der Waals surface area contributed by atoms with Crippen molar-refractivity contribution >= 4 is 28.7 Å². The number of aliphatic hydroxyl groups excluding tert-OH is 1. The zero-order chi connectivity index (χ0) is 15.4. The molecule has 4 heteroatoms. The Labute approximate surface area is 131 Å². The molecule has 0 spiro atoms. The Morgan fingerprint density at radius 2 is 2.00 bits per heavy atom. The fourth-order valence-electron chi connectivity index (χ4n) is 2.78. The molecular formula is C17H21NO2S. The van der Waals surface area contributed by atoms with Crippen molar-refractivity contribution in [1.82, 2.24) is 0 Å².